The van der Waals surface area contributed by atoms with Gasteiger partial charge in [-0.05, 0) is 19.3 Å². The fourth-order valence-corrected chi connectivity index (χ4v) is 4.23. The third-order valence-electron chi connectivity index (χ3n) is 4.05. The SMILES string of the molecule is CCC(CC)(CN)NS(=O)(=O)c1cnc2n1CCC2. The molecule has 6 nitrogen and oxygen atoms in total. The van der Waals surface area contributed by atoms with Gasteiger partial charge >= 0.3 is 0 Å². The molecule has 0 aliphatic carbocycles. The molecule has 2 heterocycles. The minimum absolute atomic E-state index is 0.264. The number of nitrogens with zero attached hydrogens (tertiary/aromatic N) is 2. The third-order valence-corrected chi connectivity index (χ3v) is 5.63. The van der Waals surface area contributed by atoms with Crippen molar-refractivity contribution in [1.82, 2.24) is 14.3 Å². The Bertz CT molecular complexity index is 538. The fraction of sp³-hybridized carbons (Fsp3) is 0.750. The Kier molecular flexibility index (Phi) is 3.98. The molecule has 3 N–H and O–H groups in total. The van der Waals surface area contributed by atoms with Crippen LogP contribution < -0.4 is 10.5 Å². The summed E-state index contributed by atoms with van der Waals surface area (Å²) in [7, 11) is -3.57. The van der Waals surface area contributed by atoms with E-state index in [1.807, 2.05) is 13.8 Å². The van der Waals surface area contributed by atoms with Gasteiger partial charge in [-0.3, -0.25) is 0 Å². The highest BCUT2D eigenvalue weighted by Crippen LogP contribution is 2.23. The van der Waals surface area contributed by atoms with Crippen molar-refractivity contribution in [3.8, 4) is 0 Å². The predicted octanol–water partition coefficient (Wildman–Crippen LogP) is 0.625. The summed E-state index contributed by atoms with van der Waals surface area (Å²) in [5, 5.41) is 0.264. The summed E-state index contributed by atoms with van der Waals surface area (Å²) in [6, 6.07) is 0. The lowest BCUT2D eigenvalue weighted by Crippen LogP contribution is -2.53. The Morgan fingerprint density at radius 2 is 2.16 bits per heavy atom. The van der Waals surface area contributed by atoms with Crippen molar-refractivity contribution in [2.75, 3.05) is 6.54 Å². The molecule has 1 aromatic heterocycles. The molecule has 0 aromatic carbocycles. The number of nitrogens with one attached hydrogen (secondary N) is 1. The molecule has 19 heavy (non-hydrogen) atoms. The van der Waals surface area contributed by atoms with Crippen molar-refractivity contribution in [3.05, 3.63) is 12.0 Å². The minimum Gasteiger partial charge on any atom is -0.329 e. The molecule has 2 rings (SSSR count). The average molecular weight is 286 g/mol. The van der Waals surface area contributed by atoms with Crippen LogP contribution in [0.5, 0.6) is 0 Å². The average Bonchev–Trinajstić information content (AvgIpc) is 2.98. The molecular formula is C12H22N4O2S. The third kappa shape index (κ3) is 2.54. The molecule has 108 valence electrons. The molecule has 0 radical (unpaired) electrons. The van der Waals surface area contributed by atoms with Gasteiger partial charge < -0.3 is 10.3 Å². The van der Waals surface area contributed by atoms with Crippen LogP contribution in [-0.4, -0.2) is 30.1 Å². The Labute approximate surface area is 114 Å². The van der Waals surface area contributed by atoms with Crippen LogP contribution in [-0.2, 0) is 23.0 Å². The first kappa shape index (κ1) is 14.5. The second-order valence-corrected chi connectivity index (χ2v) is 6.69. The Hall–Kier alpha value is -0.920. The number of imidazole rings is 1. The number of aromatic nitrogens is 2. The van der Waals surface area contributed by atoms with E-state index in [-0.39, 0.29) is 5.03 Å². The smallest absolute Gasteiger partial charge is 0.258 e. The van der Waals surface area contributed by atoms with Gasteiger partial charge in [0.1, 0.15) is 5.82 Å². The van der Waals surface area contributed by atoms with E-state index in [2.05, 4.69) is 9.71 Å². The maximum atomic E-state index is 12.5. The number of hydrogen-bond donors (Lipinski definition) is 2. The van der Waals surface area contributed by atoms with Crippen LogP contribution in [0, 0.1) is 0 Å². The molecule has 0 spiro atoms. The first-order valence-electron chi connectivity index (χ1n) is 6.76. The van der Waals surface area contributed by atoms with Gasteiger partial charge in [0.15, 0.2) is 5.03 Å². The van der Waals surface area contributed by atoms with Crippen molar-refractivity contribution in [2.24, 2.45) is 5.73 Å². The molecule has 0 atom stereocenters. The van der Waals surface area contributed by atoms with Crippen molar-refractivity contribution >= 4 is 10.0 Å². The van der Waals surface area contributed by atoms with Crippen LogP contribution in [0.15, 0.2) is 11.2 Å². The lowest BCUT2D eigenvalue weighted by molar-refractivity contribution is 0.362. The maximum absolute atomic E-state index is 12.5. The molecule has 0 fully saturated rings. The summed E-state index contributed by atoms with van der Waals surface area (Å²) in [6.07, 6.45) is 4.58. The molecule has 0 bridgehead atoms. The van der Waals surface area contributed by atoms with Crippen molar-refractivity contribution in [3.63, 3.8) is 0 Å². The predicted molar refractivity (Wildman–Crippen MR) is 73.2 cm³/mol. The first-order valence-corrected chi connectivity index (χ1v) is 8.25. The number of rotatable bonds is 6. The van der Waals surface area contributed by atoms with Gasteiger partial charge in [0.25, 0.3) is 10.0 Å². The lowest BCUT2D eigenvalue weighted by atomic mass is 9.95. The molecule has 7 heteroatoms. The van der Waals surface area contributed by atoms with Crippen LogP contribution >= 0.6 is 0 Å². The molecule has 1 aromatic rings. The number of nitrogens with two attached hydrogens (primary N) is 1. The van der Waals surface area contributed by atoms with Gasteiger partial charge in [0.05, 0.1) is 6.20 Å². The summed E-state index contributed by atoms with van der Waals surface area (Å²) in [5.74, 6) is 0.853. The van der Waals surface area contributed by atoms with E-state index in [4.69, 9.17) is 5.73 Å². The summed E-state index contributed by atoms with van der Waals surface area (Å²) < 4.78 is 29.6. The van der Waals surface area contributed by atoms with Crippen molar-refractivity contribution in [1.29, 1.82) is 0 Å². The molecule has 1 aliphatic heterocycles. The van der Waals surface area contributed by atoms with Crippen molar-refractivity contribution in [2.45, 2.75) is 56.6 Å². The van der Waals surface area contributed by atoms with E-state index in [1.165, 1.54) is 6.20 Å². The largest absolute Gasteiger partial charge is 0.329 e. The molecule has 0 saturated carbocycles. The molecule has 0 unspecified atom stereocenters. The van der Waals surface area contributed by atoms with Gasteiger partial charge in [-0.15, -0.1) is 0 Å². The standard InChI is InChI=1S/C12H22N4O2S/c1-3-12(4-2,9-13)15-19(17,18)11-8-14-10-6-5-7-16(10)11/h8,15H,3-7,9,13H2,1-2H3. The minimum atomic E-state index is -3.57. The lowest BCUT2D eigenvalue weighted by Gasteiger charge is -2.30. The number of aryl methyl sites for hydroxylation is 1. The molecule has 0 amide bonds. The van der Waals surface area contributed by atoms with E-state index < -0.39 is 15.6 Å². The van der Waals surface area contributed by atoms with E-state index in [0.717, 1.165) is 25.2 Å². The molecular weight excluding hydrogens is 264 g/mol. The molecule has 0 saturated heterocycles. The fourth-order valence-electron chi connectivity index (χ4n) is 2.51. The number of sulfonamides is 1. The van der Waals surface area contributed by atoms with E-state index in [9.17, 15) is 8.42 Å². The Morgan fingerprint density at radius 3 is 2.74 bits per heavy atom. The van der Waals surface area contributed by atoms with Gasteiger partial charge in [-0.1, -0.05) is 13.8 Å². The topological polar surface area (TPSA) is 90.0 Å². The van der Waals surface area contributed by atoms with Crippen LogP contribution in [0.4, 0.5) is 0 Å². The monoisotopic (exact) mass is 286 g/mol. The summed E-state index contributed by atoms with van der Waals surface area (Å²) >= 11 is 0. The van der Waals surface area contributed by atoms with Crippen molar-refractivity contribution < 1.29 is 8.42 Å². The van der Waals surface area contributed by atoms with E-state index in [0.29, 0.717) is 19.4 Å². The zero-order valence-corrected chi connectivity index (χ0v) is 12.3. The van der Waals surface area contributed by atoms with Gasteiger partial charge in [0.2, 0.25) is 0 Å². The zero-order chi connectivity index (χ0) is 14.1. The summed E-state index contributed by atoms with van der Waals surface area (Å²) in [4.78, 5) is 4.18. The number of fused-ring (bicyclic) bond motifs is 1. The Balaban J connectivity index is 2.32. The normalized spacial score (nSPS) is 15.7. The molecule has 1 aliphatic rings. The highest BCUT2D eigenvalue weighted by molar-refractivity contribution is 7.89. The summed E-state index contributed by atoms with van der Waals surface area (Å²) in [5.41, 5.74) is 5.19. The van der Waals surface area contributed by atoms with Gasteiger partial charge in [-0.2, -0.15) is 0 Å². The number of hydrogen-bond acceptors (Lipinski definition) is 4. The van der Waals surface area contributed by atoms with Crippen LogP contribution in [0.25, 0.3) is 0 Å². The second-order valence-electron chi connectivity index (χ2n) is 5.06. The highest BCUT2D eigenvalue weighted by atomic mass is 32.2. The van der Waals surface area contributed by atoms with Gasteiger partial charge in [0, 0.05) is 25.0 Å². The van der Waals surface area contributed by atoms with Crippen LogP contribution in [0.2, 0.25) is 0 Å². The zero-order valence-electron chi connectivity index (χ0n) is 11.5. The van der Waals surface area contributed by atoms with E-state index >= 15 is 0 Å². The van der Waals surface area contributed by atoms with Crippen LogP contribution in [0.3, 0.4) is 0 Å². The second kappa shape index (κ2) is 5.22. The maximum Gasteiger partial charge on any atom is 0.258 e. The van der Waals surface area contributed by atoms with E-state index in [1.54, 1.807) is 4.57 Å². The summed E-state index contributed by atoms with van der Waals surface area (Å²) in [6.45, 7) is 4.90. The quantitative estimate of drug-likeness (QED) is 0.802. The first-order chi connectivity index (χ1) is 8.98. The van der Waals surface area contributed by atoms with Crippen LogP contribution in [0.1, 0.15) is 38.9 Å². The van der Waals surface area contributed by atoms with Gasteiger partial charge in [-0.25, -0.2) is 18.1 Å². The Morgan fingerprint density at radius 1 is 1.47 bits per heavy atom. The highest BCUT2D eigenvalue weighted by Gasteiger charge is 2.33.